The van der Waals surface area contributed by atoms with E-state index >= 15 is 0 Å². The lowest BCUT2D eigenvalue weighted by molar-refractivity contribution is 0.0916. The van der Waals surface area contributed by atoms with Crippen molar-refractivity contribution in [3.63, 3.8) is 0 Å². The lowest BCUT2D eigenvalue weighted by atomic mass is 9.84. The molecule has 0 saturated heterocycles. The second-order valence-electron chi connectivity index (χ2n) is 5.08. The average Bonchev–Trinajstić information content (AvgIpc) is 2.40. The second kappa shape index (κ2) is 7.34. The van der Waals surface area contributed by atoms with Crippen molar-refractivity contribution in [2.45, 2.75) is 45.1 Å². The highest BCUT2D eigenvalue weighted by Gasteiger charge is 2.21. The standard InChI is InChI=1S/C14H21N3O.ClH/c1-2-10-3-6-12(7-4-10)17-14(18)13-8-5-11(15)9-16-13;/h5,8-10,12H,2-4,6-7,15H2,1H3,(H,17,18);1H. The molecule has 1 aromatic heterocycles. The van der Waals surface area contributed by atoms with Gasteiger partial charge in [0.05, 0.1) is 11.9 Å². The van der Waals surface area contributed by atoms with Crippen LogP contribution >= 0.6 is 12.4 Å². The summed E-state index contributed by atoms with van der Waals surface area (Å²) in [6, 6.07) is 3.68. The van der Waals surface area contributed by atoms with Gasteiger partial charge in [-0.05, 0) is 43.7 Å². The molecule has 5 heteroatoms. The zero-order chi connectivity index (χ0) is 13.0. The van der Waals surface area contributed by atoms with Gasteiger partial charge >= 0.3 is 0 Å². The zero-order valence-electron chi connectivity index (χ0n) is 11.3. The van der Waals surface area contributed by atoms with Gasteiger partial charge in [0.2, 0.25) is 0 Å². The Labute approximate surface area is 120 Å². The van der Waals surface area contributed by atoms with Gasteiger partial charge in [0.1, 0.15) is 5.69 Å². The van der Waals surface area contributed by atoms with Crippen molar-refractivity contribution >= 4 is 24.0 Å². The number of hydrogen-bond donors (Lipinski definition) is 2. The summed E-state index contributed by atoms with van der Waals surface area (Å²) in [6.07, 6.45) is 7.37. The predicted octanol–water partition coefficient (Wildman–Crippen LogP) is 2.78. The van der Waals surface area contributed by atoms with Crippen LogP contribution in [0.5, 0.6) is 0 Å². The number of amides is 1. The number of anilines is 1. The quantitative estimate of drug-likeness (QED) is 0.896. The van der Waals surface area contributed by atoms with Crippen LogP contribution in [0.2, 0.25) is 0 Å². The van der Waals surface area contributed by atoms with Crippen LogP contribution in [0, 0.1) is 5.92 Å². The molecule has 0 aliphatic heterocycles. The van der Waals surface area contributed by atoms with E-state index in [2.05, 4.69) is 17.2 Å². The molecule has 0 spiro atoms. The summed E-state index contributed by atoms with van der Waals surface area (Å²) in [4.78, 5) is 16.0. The monoisotopic (exact) mass is 283 g/mol. The van der Waals surface area contributed by atoms with Crippen molar-refractivity contribution in [3.8, 4) is 0 Å². The SMILES string of the molecule is CCC1CCC(NC(=O)c2ccc(N)cn2)CC1.Cl. The minimum atomic E-state index is -0.0880. The van der Waals surface area contributed by atoms with E-state index in [4.69, 9.17) is 5.73 Å². The summed E-state index contributed by atoms with van der Waals surface area (Å²) in [5.41, 5.74) is 6.57. The smallest absolute Gasteiger partial charge is 0.270 e. The molecule has 1 saturated carbocycles. The highest BCUT2D eigenvalue weighted by atomic mass is 35.5. The Morgan fingerprint density at radius 1 is 1.37 bits per heavy atom. The molecule has 0 aromatic carbocycles. The minimum absolute atomic E-state index is 0. The van der Waals surface area contributed by atoms with Crippen molar-refractivity contribution in [1.29, 1.82) is 0 Å². The third kappa shape index (κ3) is 4.39. The van der Waals surface area contributed by atoms with Crippen LogP contribution in [0.4, 0.5) is 5.69 Å². The third-order valence-electron chi connectivity index (χ3n) is 3.78. The summed E-state index contributed by atoms with van der Waals surface area (Å²) in [7, 11) is 0. The lowest BCUT2D eigenvalue weighted by Crippen LogP contribution is -2.37. The molecule has 4 nitrogen and oxygen atoms in total. The topological polar surface area (TPSA) is 68.0 Å². The number of nitrogen functional groups attached to an aromatic ring is 1. The largest absolute Gasteiger partial charge is 0.397 e. The number of halogens is 1. The summed E-state index contributed by atoms with van der Waals surface area (Å²) in [5, 5.41) is 3.06. The van der Waals surface area contributed by atoms with Crippen LogP contribution in [0.15, 0.2) is 18.3 Å². The molecule has 1 heterocycles. The predicted molar refractivity (Wildman–Crippen MR) is 79.4 cm³/mol. The molecule has 106 valence electrons. The van der Waals surface area contributed by atoms with E-state index in [1.54, 1.807) is 12.1 Å². The van der Waals surface area contributed by atoms with Gasteiger partial charge in [-0.25, -0.2) is 4.98 Å². The van der Waals surface area contributed by atoms with E-state index in [0.717, 1.165) is 18.8 Å². The van der Waals surface area contributed by atoms with Crippen LogP contribution in [0.25, 0.3) is 0 Å². The first-order chi connectivity index (χ1) is 8.69. The van der Waals surface area contributed by atoms with Gasteiger partial charge in [0.25, 0.3) is 5.91 Å². The van der Waals surface area contributed by atoms with Crippen molar-refractivity contribution in [2.24, 2.45) is 5.92 Å². The molecule has 0 atom stereocenters. The number of hydrogen-bond acceptors (Lipinski definition) is 3. The zero-order valence-corrected chi connectivity index (χ0v) is 12.1. The van der Waals surface area contributed by atoms with Crippen LogP contribution in [-0.4, -0.2) is 16.9 Å². The number of carbonyl (C=O) groups excluding carboxylic acids is 1. The first-order valence-electron chi connectivity index (χ1n) is 6.71. The lowest BCUT2D eigenvalue weighted by Gasteiger charge is -2.28. The van der Waals surface area contributed by atoms with Crippen LogP contribution in [0.3, 0.4) is 0 Å². The first-order valence-corrected chi connectivity index (χ1v) is 6.71. The summed E-state index contributed by atoms with van der Waals surface area (Å²) >= 11 is 0. The van der Waals surface area contributed by atoms with E-state index in [-0.39, 0.29) is 18.3 Å². The molecule has 3 N–H and O–H groups in total. The summed E-state index contributed by atoms with van der Waals surface area (Å²) in [5.74, 6) is 0.753. The highest BCUT2D eigenvalue weighted by molar-refractivity contribution is 5.92. The van der Waals surface area contributed by atoms with Crippen LogP contribution in [-0.2, 0) is 0 Å². The van der Waals surface area contributed by atoms with Crippen molar-refractivity contribution in [1.82, 2.24) is 10.3 Å². The van der Waals surface area contributed by atoms with Gasteiger partial charge in [-0.3, -0.25) is 4.79 Å². The number of pyridine rings is 1. The van der Waals surface area contributed by atoms with E-state index < -0.39 is 0 Å². The molecule has 19 heavy (non-hydrogen) atoms. The van der Waals surface area contributed by atoms with Gasteiger partial charge in [0.15, 0.2) is 0 Å². The third-order valence-corrected chi connectivity index (χ3v) is 3.78. The average molecular weight is 284 g/mol. The van der Waals surface area contributed by atoms with Crippen molar-refractivity contribution < 1.29 is 4.79 Å². The number of aromatic nitrogens is 1. The minimum Gasteiger partial charge on any atom is -0.397 e. The number of nitrogens with one attached hydrogen (secondary N) is 1. The maximum Gasteiger partial charge on any atom is 0.270 e. The molecule has 1 amide bonds. The fourth-order valence-electron chi connectivity index (χ4n) is 2.51. The van der Waals surface area contributed by atoms with Crippen molar-refractivity contribution in [3.05, 3.63) is 24.0 Å². The van der Waals surface area contributed by atoms with E-state index in [1.807, 2.05) is 0 Å². The Kier molecular flexibility index (Phi) is 6.09. The Morgan fingerprint density at radius 2 is 2.05 bits per heavy atom. The molecule has 0 bridgehead atoms. The second-order valence-corrected chi connectivity index (χ2v) is 5.08. The van der Waals surface area contributed by atoms with Crippen LogP contribution < -0.4 is 11.1 Å². The molecule has 1 aliphatic rings. The molecular weight excluding hydrogens is 262 g/mol. The summed E-state index contributed by atoms with van der Waals surface area (Å²) < 4.78 is 0. The highest BCUT2D eigenvalue weighted by Crippen LogP contribution is 2.26. The Bertz CT molecular complexity index is 400. The van der Waals surface area contributed by atoms with E-state index in [9.17, 15) is 4.79 Å². The maximum atomic E-state index is 12.0. The molecule has 1 aliphatic carbocycles. The molecule has 1 fully saturated rings. The summed E-state index contributed by atoms with van der Waals surface area (Å²) in [6.45, 7) is 2.24. The fourth-order valence-corrected chi connectivity index (χ4v) is 2.51. The van der Waals surface area contributed by atoms with E-state index in [0.29, 0.717) is 17.4 Å². The van der Waals surface area contributed by atoms with Gasteiger partial charge < -0.3 is 11.1 Å². The molecular formula is C14H22ClN3O. The normalized spacial score (nSPS) is 22.4. The fraction of sp³-hybridized carbons (Fsp3) is 0.571. The Balaban J connectivity index is 0.00000180. The van der Waals surface area contributed by atoms with Gasteiger partial charge in [-0.15, -0.1) is 12.4 Å². The number of nitrogens with two attached hydrogens (primary N) is 1. The molecule has 0 unspecified atom stereocenters. The maximum absolute atomic E-state index is 12.0. The van der Waals surface area contributed by atoms with E-state index in [1.165, 1.54) is 25.5 Å². The van der Waals surface area contributed by atoms with Gasteiger partial charge in [0, 0.05) is 6.04 Å². The Hall–Kier alpha value is -1.29. The number of rotatable bonds is 3. The molecule has 1 aromatic rings. The Morgan fingerprint density at radius 3 is 2.58 bits per heavy atom. The molecule has 0 radical (unpaired) electrons. The first kappa shape index (κ1) is 15.8. The molecule has 2 rings (SSSR count). The van der Waals surface area contributed by atoms with Gasteiger partial charge in [-0.2, -0.15) is 0 Å². The number of carbonyl (C=O) groups is 1. The van der Waals surface area contributed by atoms with Crippen molar-refractivity contribution in [2.75, 3.05) is 5.73 Å². The number of nitrogens with zero attached hydrogens (tertiary/aromatic N) is 1. The van der Waals surface area contributed by atoms with Crippen LogP contribution in [0.1, 0.15) is 49.5 Å². The van der Waals surface area contributed by atoms with Gasteiger partial charge in [-0.1, -0.05) is 13.3 Å².